The molecular weight excluding hydrogens is 426 g/mol. The predicted molar refractivity (Wildman–Crippen MR) is 117 cm³/mol. The van der Waals surface area contributed by atoms with Crippen LogP contribution in [0.4, 0.5) is 5.69 Å². The second-order valence-electron chi connectivity index (χ2n) is 6.19. The van der Waals surface area contributed by atoms with Gasteiger partial charge in [0.15, 0.2) is 10.1 Å². The summed E-state index contributed by atoms with van der Waals surface area (Å²) in [6.07, 6.45) is 1.58. The Morgan fingerprint density at radius 2 is 1.93 bits per heavy atom. The van der Waals surface area contributed by atoms with Crippen molar-refractivity contribution in [1.82, 2.24) is 10.2 Å². The number of thioether (sulfide) groups is 1. The number of carbonyl (C=O) groups is 1. The summed E-state index contributed by atoms with van der Waals surface area (Å²) in [6, 6.07) is 14.6. The number of nitrogens with one attached hydrogen (secondary N) is 1. The summed E-state index contributed by atoms with van der Waals surface area (Å²) in [7, 11) is -1.22. The van der Waals surface area contributed by atoms with E-state index in [9.17, 15) is 9.00 Å². The monoisotopic (exact) mass is 443 g/mol. The lowest BCUT2D eigenvalue weighted by atomic mass is 10.1. The molecule has 0 bridgehead atoms. The fourth-order valence-electron chi connectivity index (χ4n) is 2.90. The first-order valence-electron chi connectivity index (χ1n) is 8.70. The normalized spacial score (nSPS) is 12.2. The highest BCUT2D eigenvalue weighted by Crippen LogP contribution is 2.33. The number of fused-ring (bicyclic) bond motifs is 1. The molecule has 0 unspecified atom stereocenters. The third-order valence-electron chi connectivity index (χ3n) is 4.20. The van der Waals surface area contributed by atoms with E-state index in [-0.39, 0.29) is 11.7 Å². The van der Waals surface area contributed by atoms with Crippen molar-refractivity contribution < 1.29 is 13.4 Å². The van der Waals surface area contributed by atoms with E-state index in [1.807, 2.05) is 31.2 Å². The van der Waals surface area contributed by atoms with Gasteiger partial charge in [-0.3, -0.25) is 9.00 Å². The van der Waals surface area contributed by atoms with Crippen molar-refractivity contribution in [3.8, 4) is 0 Å². The Balaban J connectivity index is 1.67. The van der Waals surface area contributed by atoms with Gasteiger partial charge < -0.3 is 9.73 Å². The molecule has 1 amide bonds. The van der Waals surface area contributed by atoms with Crippen molar-refractivity contribution in [2.45, 2.75) is 21.9 Å². The third-order valence-corrected chi connectivity index (χ3v) is 7.17. The van der Waals surface area contributed by atoms with Gasteiger partial charge in [-0.1, -0.05) is 53.4 Å². The van der Waals surface area contributed by atoms with E-state index >= 15 is 0 Å². The van der Waals surface area contributed by atoms with Crippen LogP contribution in [0.3, 0.4) is 0 Å². The van der Waals surface area contributed by atoms with E-state index in [1.165, 1.54) is 23.1 Å². The molecule has 0 radical (unpaired) electrons. The molecule has 6 nitrogen and oxygen atoms in total. The molecule has 0 spiro atoms. The highest BCUT2D eigenvalue weighted by Gasteiger charge is 2.22. The number of aromatic nitrogens is 2. The van der Waals surface area contributed by atoms with E-state index in [2.05, 4.69) is 15.5 Å². The van der Waals surface area contributed by atoms with Crippen LogP contribution >= 0.6 is 23.1 Å². The summed E-state index contributed by atoms with van der Waals surface area (Å²) in [5, 5.41) is 12.8. The van der Waals surface area contributed by atoms with Crippen LogP contribution in [0.1, 0.15) is 21.1 Å². The van der Waals surface area contributed by atoms with Gasteiger partial charge in [-0.15, -0.1) is 10.2 Å². The number of para-hydroxylation sites is 2. The number of aryl methyl sites for hydroxylation is 1. The minimum atomic E-state index is -1.22. The lowest BCUT2D eigenvalue weighted by Gasteiger charge is -2.09. The zero-order valence-electron chi connectivity index (χ0n) is 15.7. The Bertz CT molecular complexity index is 1220. The minimum Gasteiger partial charge on any atom is -0.451 e. The molecule has 0 aliphatic rings. The molecular formula is C20H17N3O3S3. The Morgan fingerprint density at radius 1 is 1.17 bits per heavy atom. The van der Waals surface area contributed by atoms with E-state index in [0.717, 1.165) is 20.3 Å². The fourth-order valence-corrected chi connectivity index (χ4v) is 5.44. The molecule has 9 heteroatoms. The topological polar surface area (TPSA) is 85.1 Å². The molecule has 148 valence electrons. The quantitative estimate of drug-likeness (QED) is 0.428. The smallest absolute Gasteiger partial charge is 0.291 e. The van der Waals surface area contributed by atoms with Crippen molar-refractivity contribution in [2.75, 3.05) is 11.6 Å². The molecule has 1 N–H and O–H groups in total. The number of anilines is 1. The number of rotatable bonds is 6. The number of furan rings is 1. The molecule has 0 aliphatic heterocycles. The summed E-state index contributed by atoms with van der Waals surface area (Å²) >= 11 is 3.03. The predicted octanol–water partition coefficient (Wildman–Crippen LogP) is 4.87. The molecule has 0 aliphatic carbocycles. The molecule has 4 rings (SSSR count). The summed E-state index contributed by atoms with van der Waals surface area (Å²) < 4.78 is 18.7. The summed E-state index contributed by atoms with van der Waals surface area (Å²) in [5.74, 6) is 0.398. The standard InChI is InChI=1S/C20H17N3O3S3/c1-12-22-23-20(28-12)27-11-14-13-7-3-5-9-16(13)26-18(14)19(24)21-15-8-4-6-10-17(15)29(2)25/h3-10H,11H2,1-2H3,(H,21,24)/t29-/m0/s1. The first-order valence-corrected chi connectivity index (χ1v) is 12.1. The van der Waals surface area contributed by atoms with Gasteiger partial charge in [0.25, 0.3) is 5.91 Å². The Kier molecular flexibility index (Phi) is 5.79. The average molecular weight is 444 g/mol. The average Bonchev–Trinajstić information content (AvgIpc) is 3.30. The molecule has 0 saturated heterocycles. The van der Waals surface area contributed by atoms with Crippen LogP contribution in [0, 0.1) is 6.92 Å². The number of benzene rings is 2. The molecule has 2 heterocycles. The third kappa shape index (κ3) is 4.26. The molecule has 1 atom stereocenters. The highest BCUT2D eigenvalue weighted by molar-refractivity contribution is 8.00. The van der Waals surface area contributed by atoms with Gasteiger partial charge in [-0.25, -0.2) is 0 Å². The largest absolute Gasteiger partial charge is 0.451 e. The van der Waals surface area contributed by atoms with Crippen molar-refractivity contribution in [3.05, 3.63) is 64.9 Å². The maximum absolute atomic E-state index is 13.1. The van der Waals surface area contributed by atoms with Gasteiger partial charge in [-0.2, -0.15) is 0 Å². The second-order valence-corrected chi connectivity index (χ2v) is 9.94. The Hall–Kier alpha value is -2.49. The van der Waals surface area contributed by atoms with Crippen LogP contribution in [0.25, 0.3) is 11.0 Å². The molecule has 0 saturated carbocycles. The van der Waals surface area contributed by atoms with Gasteiger partial charge >= 0.3 is 0 Å². The van der Waals surface area contributed by atoms with Gasteiger partial charge in [-0.05, 0) is 25.1 Å². The highest BCUT2D eigenvalue weighted by atomic mass is 32.2. The van der Waals surface area contributed by atoms with Crippen molar-refractivity contribution >= 4 is 56.5 Å². The molecule has 2 aromatic carbocycles. The summed E-state index contributed by atoms with van der Waals surface area (Å²) in [4.78, 5) is 13.6. The van der Waals surface area contributed by atoms with E-state index in [4.69, 9.17) is 4.42 Å². The zero-order chi connectivity index (χ0) is 20.4. The van der Waals surface area contributed by atoms with Crippen molar-refractivity contribution in [2.24, 2.45) is 0 Å². The van der Waals surface area contributed by atoms with Crippen LogP contribution < -0.4 is 5.32 Å². The van der Waals surface area contributed by atoms with Gasteiger partial charge in [0.05, 0.1) is 21.4 Å². The molecule has 4 aromatic rings. The van der Waals surface area contributed by atoms with Crippen molar-refractivity contribution in [1.29, 1.82) is 0 Å². The minimum absolute atomic E-state index is 0.247. The Labute approximate surface area is 178 Å². The van der Waals surface area contributed by atoms with Crippen LogP contribution in [-0.4, -0.2) is 26.6 Å². The number of amides is 1. The lowest BCUT2D eigenvalue weighted by molar-refractivity contribution is 0.0997. The zero-order valence-corrected chi connectivity index (χ0v) is 18.1. The summed E-state index contributed by atoms with van der Waals surface area (Å²) in [5.41, 5.74) is 1.96. The first-order chi connectivity index (χ1) is 14.0. The van der Waals surface area contributed by atoms with Crippen LogP contribution in [0.2, 0.25) is 0 Å². The first kappa shape index (κ1) is 19.8. The van der Waals surface area contributed by atoms with Gasteiger partial charge in [0.1, 0.15) is 10.6 Å². The molecule has 2 aromatic heterocycles. The SMILES string of the molecule is Cc1nnc(SCc2c(C(=O)Nc3ccccc3[S@](C)=O)oc3ccccc23)s1. The van der Waals surface area contributed by atoms with E-state index < -0.39 is 10.8 Å². The number of hydrogen-bond donors (Lipinski definition) is 1. The van der Waals surface area contributed by atoms with Gasteiger partial charge in [0, 0.05) is 23.0 Å². The lowest BCUT2D eigenvalue weighted by Crippen LogP contribution is -2.14. The van der Waals surface area contributed by atoms with Crippen molar-refractivity contribution in [3.63, 3.8) is 0 Å². The number of carbonyl (C=O) groups excluding carboxylic acids is 1. The summed E-state index contributed by atoms with van der Waals surface area (Å²) in [6.45, 7) is 1.91. The number of nitrogens with zero attached hydrogens (tertiary/aromatic N) is 2. The van der Waals surface area contributed by atoms with Crippen LogP contribution in [0.15, 0.2) is 62.2 Å². The maximum Gasteiger partial charge on any atom is 0.291 e. The van der Waals surface area contributed by atoms with Crippen LogP contribution in [-0.2, 0) is 16.6 Å². The molecule has 29 heavy (non-hydrogen) atoms. The van der Waals surface area contributed by atoms with Gasteiger partial charge in [0.2, 0.25) is 0 Å². The fraction of sp³-hybridized carbons (Fsp3) is 0.150. The van der Waals surface area contributed by atoms with Crippen LogP contribution in [0.5, 0.6) is 0 Å². The maximum atomic E-state index is 13.1. The molecule has 0 fully saturated rings. The Morgan fingerprint density at radius 3 is 2.69 bits per heavy atom. The second kappa shape index (κ2) is 8.48. The van der Waals surface area contributed by atoms with E-state index in [1.54, 1.807) is 30.5 Å². The number of hydrogen-bond acceptors (Lipinski definition) is 7. The van der Waals surface area contributed by atoms with E-state index in [0.29, 0.717) is 21.9 Å².